The van der Waals surface area contributed by atoms with Gasteiger partial charge in [0.05, 0.1) is 11.1 Å². The zero-order valence-corrected chi connectivity index (χ0v) is 20.7. The van der Waals surface area contributed by atoms with Gasteiger partial charge in [0.25, 0.3) is 0 Å². The molecule has 8 nitrogen and oxygen atoms in total. The average Bonchev–Trinajstić information content (AvgIpc) is 2.75. The van der Waals surface area contributed by atoms with Crippen molar-refractivity contribution in [2.45, 2.75) is 57.8 Å². The minimum absolute atomic E-state index is 0.230. The Balaban J connectivity index is 3.13. The summed E-state index contributed by atoms with van der Waals surface area (Å²) in [6.07, 6.45) is 0.838. The van der Waals surface area contributed by atoms with E-state index in [-0.39, 0.29) is 10.0 Å². The summed E-state index contributed by atoms with van der Waals surface area (Å²) < 4.78 is 0. The van der Waals surface area contributed by atoms with Crippen molar-refractivity contribution in [3.63, 3.8) is 0 Å². The molecule has 10 heteroatoms. The number of carbonyl (C=O) groups is 4. The number of halogens is 2. The van der Waals surface area contributed by atoms with Crippen LogP contribution in [0.4, 0.5) is 0 Å². The summed E-state index contributed by atoms with van der Waals surface area (Å²) in [5.74, 6) is -6.01. The van der Waals surface area contributed by atoms with Gasteiger partial charge in [-0.25, -0.2) is 9.59 Å². The van der Waals surface area contributed by atoms with E-state index in [0.29, 0.717) is 36.8 Å². The molecule has 0 spiro atoms. The van der Waals surface area contributed by atoms with Crippen molar-refractivity contribution in [1.82, 2.24) is 0 Å². The number of hydrogen-bond donors (Lipinski definition) is 4. The molecule has 4 N–H and O–H groups in total. The zero-order chi connectivity index (χ0) is 26.5. The third-order valence-corrected chi connectivity index (χ3v) is 6.37. The Morgan fingerprint density at radius 3 is 1.43 bits per heavy atom. The SMILES string of the molecule is CCCc1cc(Cl)c(C(CCC(=O)O)(C(=O)O)c2c(Cl)cc(CCC)cc2C(=O)O)c(C(=O)O)c1. The predicted octanol–water partition coefficient (Wildman–Crippen LogP) is 5.53. The van der Waals surface area contributed by atoms with E-state index in [0.717, 1.165) is 0 Å². The molecule has 0 aliphatic carbocycles. The molecule has 0 amide bonds. The van der Waals surface area contributed by atoms with Crippen LogP contribution in [-0.2, 0) is 27.8 Å². The monoisotopic (exact) mass is 524 g/mol. The molecule has 0 atom stereocenters. The van der Waals surface area contributed by atoms with Crippen LogP contribution in [0.1, 0.15) is 82.5 Å². The van der Waals surface area contributed by atoms with Crippen LogP contribution in [0.3, 0.4) is 0 Å². The summed E-state index contributed by atoms with van der Waals surface area (Å²) in [4.78, 5) is 49.1. The molecule has 0 bridgehead atoms. The van der Waals surface area contributed by atoms with Crippen LogP contribution in [0.15, 0.2) is 24.3 Å². The summed E-state index contributed by atoms with van der Waals surface area (Å²) in [5.41, 5.74) is -3.12. The first-order valence-electron chi connectivity index (χ1n) is 11.0. The molecular weight excluding hydrogens is 499 g/mol. The summed E-state index contributed by atoms with van der Waals surface area (Å²) in [7, 11) is 0. The van der Waals surface area contributed by atoms with Crippen molar-refractivity contribution in [3.8, 4) is 0 Å². The number of hydrogen-bond acceptors (Lipinski definition) is 4. The predicted molar refractivity (Wildman–Crippen MR) is 130 cm³/mol. The lowest BCUT2D eigenvalue weighted by molar-refractivity contribution is -0.143. The zero-order valence-electron chi connectivity index (χ0n) is 19.2. The van der Waals surface area contributed by atoms with E-state index in [1.807, 2.05) is 13.8 Å². The molecule has 0 fully saturated rings. The highest BCUT2D eigenvalue weighted by Gasteiger charge is 2.49. The van der Waals surface area contributed by atoms with Crippen LogP contribution < -0.4 is 0 Å². The first-order valence-corrected chi connectivity index (χ1v) is 11.7. The molecular formula is C25H26Cl2O8. The second-order valence-electron chi connectivity index (χ2n) is 8.21. The van der Waals surface area contributed by atoms with E-state index in [4.69, 9.17) is 23.2 Å². The maximum Gasteiger partial charge on any atom is 0.336 e. The Hall–Kier alpha value is -3.10. The van der Waals surface area contributed by atoms with Gasteiger partial charge in [-0.1, -0.05) is 49.9 Å². The Morgan fingerprint density at radius 1 is 0.743 bits per heavy atom. The molecule has 0 radical (unpaired) electrons. The summed E-state index contributed by atoms with van der Waals surface area (Å²) in [5, 5.41) is 39.5. The molecule has 0 saturated heterocycles. The Kier molecular flexibility index (Phi) is 9.29. The van der Waals surface area contributed by atoms with Crippen molar-refractivity contribution in [2.75, 3.05) is 0 Å². The van der Waals surface area contributed by atoms with E-state index < -0.39 is 64.4 Å². The van der Waals surface area contributed by atoms with Gasteiger partial charge in [-0.2, -0.15) is 0 Å². The quantitative estimate of drug-likeness (QED) is 0.283. The van der Waals surface area contributed by atoms with Gasteiger partial charge in [0.1, 0.15) is 5.41 Å². The highest BCUT2D eigenvalue weighted by molar-refractivity contribution is 6.34. The highest BCUT2D eigenvalue weighted by atomic mass is 35.5. The lowest BCUT2D eigenvalue weighted by atomic mass is 9.67. The smallest absolute Gasteiger partial charge is 0.336 e. The molecule has 0 heterocycles. The van der Waals surface area contributed by atoms with Crippen LogP contribution in [0.2, 0.25) is 10.0 Å². The van der Waals surface area contributed by atoms with Gasteiger partial charge in [0.2, 0.25) is 0 Å². The van der Waals surface area contributed by atoms with Gasteiger partial charge < -0.3 is 20.4 Å². The maximum absolute atomic E-state index is 13.0. The van der Waals surface area contributed by atoms with Crippen molar-refractivity contribution in [1.29, 1.82) is 0 Å². The van der Waals surface area contributed by atoms with Gasteiger partial charge in [0.15, 0.2) is 0 Å². The molecule has 0 saturated carbocycles. The summed E-state index contributed by atoms with van der Waals surface area (Å²) in [6.45, 7) is 3.74. The van der Waals surface area contributed by atoms with Crippen LogP contribution >= 0.6 is 23.2 Å². The van der Waals surface area contributed by atoms with Crippen LogP contribution in [0, 0.1) is 0 Å². The molecule has 2 aromatic rings. The Labute approximate surface area is 212 Å². The van der Waals surface area contributed by atoms with E-state index in [2.05, 4.69) is 0 Å². The van der Waals surface area contributed by atoms with Crippen LogP contribution in [0.5, 0.6) is 0 Å². The van der Waals surface area contributed by atoms with Crippen LogP contribution in [-0.4, -0.2) is 44.3 Å². The number of aryl methyl sites for hydroxylation is 2. The molecule has 0 unspecified atom stereocenters. The number of carboxylic acid groups (broad SMARTS) is 4. The van der Waals surface area contributed by atoms with Gasteiger partial charge in [-0.3, -0.25) is 9.59 Å². The standard InChI is InChI=1S/C25H26Cl2O8/c1-3-5-13-9-15(22(30)31)20(17(26)11-13)25(24(34)35,8-7-19(28)29)21-16(23(32)33)10-14(6-4-2)12-18(21)27/h9-12H,3-8H2,1-2H3,(H,28,29)(H,30,31)(H,32,33)(H,34,35). The molecule has 0 aliphatic heterocycles. The van der Waals surface area contributed by atoms with Crippen molar-refractivity contribution < 1.29 is 39.6 Å². The number of benzene rings is 2. The lowest BCUT2D eigenvalue weighted by Gasteiger charge is -2.34. The van der Waals surface area contributed by atoms with Crippen molar-refractivity contribution >= 4 is 47.1 Å². The number of aromatic carboxylic acids is 2. The highest BCUT2D eigenvalue weighted by Crippen LogP contribution is 2.47. The van der Waals surface area contributed by atoms with Crippen molar-refractivity contribution in [3.05, 3.63) is 67.7 Å². The fraction of sp³-hybridized carbons (Fsp3) is 0.360. The summed E-state index contributed by atoms with van der Waals surface area (Å²) in [6, 6.07) is 5.41. The van der Waals surface area contributed by atoms with E-state index >= 15 is 0 Å². The van der Waals surface area contributed by atoms with Gasteiger partial charge in [0, 0.05) is 27.6 Å². The van der Waals surface area contributed by atoms with E-state index in [1.54, 1.807) is 0 Å². The number of aliphatic carboxylic acids is 2. The van der Waals surface area contributed by atoms with Gasteiger partial charge in [-0.05, 0) is 54.7 Å². The molecule has 0 aliphatic rings. The lowest BCUT2D eigenvalue weighted by Crippen LogP contribution is -2.41. The normalized spacial score (nSPS) is 11.3. The molecule has 35 heavy (non-hydrogen) atoms. The fourth-order valence-corrected chi connectivity index (χ4v) is 5.19. The molecule has 0 aromatic heterocycles. The maximum atomic E-state index is 13.0. The minimum Gasteiger partial charge on any atom is -0.481 e. The topological polar surface area (TPSA) is 149 Å². The van der Waals surface area contributed by atoms with Crippen LogP contribution in [0.25, 0.3) is 0 Å². The first-order chi connectivity index (χ1) is 16.4. The summed E-state index contributed by atoms with van der Waals surface area (Å²) >= 11 is 13.0. The molecule has 2 aromatic carbocycles. The number of carboxylic acids is 4. The fourth-order valence-electron chi connectivity index (χ4n) is 4.39. The first kappa shape index (κ1) is 28.1. The molecule has 188 valence electrons. The van der Waals surface area contributed by atoms with Crippen molar-refractivity contribution in [2.24, 2.45) is 0 Å². The number of rotatable bonds is 12. The average molecular weight is 525 g/mol. The van der Waals surface area contributed by atoms with E-state index in [1.165, 1.54) is 24.3 Å². The Morgan fingerprint density at radius 2 is 1.14 bits per heavy atom. The molecule has 2 rings (SSSR count). The van der Waals surface area contributed by atoms with Gasteiger partial charge >= 0.3 is 23.9 Å². The second kappa shape index (κ2) is 11.6. The minimum atomic E-state index is -2.47. The van der Waals surface area contributed by atoms with E-state index in [9.17, 15) is 39.6 Å². The Bertz CT molecular complexity index is 1100. The second-order valence-corrected chi connectivity index (χ2v) is 9.03. The van der Waals surface area contributed by atoms with Gasteiger partial charge in [-0.15, -0.1) is 0 Å². The largest absolute Gasteiger partial charge is 0.481 e. The third-order valence-electron chi connectivity index (χ3n) is 5.77. The third kappa shape index (κ3) is 5.77.